The summed E-state index contributed by atoms with van der Waals surface area (Å²) in [5.74, 6) is -2.47. The summed E-state index contributed by atoms with van der Waals surface area (Å²) in [6, 6.07) is -0.445. The Kier molecular flexibility index (Phi) is 13.9. The molecule has 0 saturated carbocycles. The molecular formula is C38H66FNO12. The van der Waals surface area contributed by atoms with Gasteiger partial charge in [-0.05, 0) is 73.9 Å². The van der Waals surface area contributed by atoms with Crippen LogP contribution in [0.2, 0.25) is 0 Å². The molecule has 4 aliphatic rings. The lowest BCUT2D eigenvalue weighted by Gasteiger charge is -2.48. The Labute approximate surface area is 309 Å². The smallest absolute Gasteiger partial charge is 0.311 e. The third kappa shape index (κ3) is 8.51. The molecule has 4 rings (SSSR count). The zero-order valence-corrected chi connectivity index (χ0v) is 33.2. The van der Waals surface area contributed by atoms with Gasteiger partial charge in [0.15, 0.2) is 12.6 Å². The van der Waals surface area contributed by atoms with Gasteiger partial charge in [0.1, 0.15) is 48.1 Å². The Morgan fingerprint density at radius 2 is 1.75 bits per heavy atom. The lowest BCUT2D eigenvalue weighted by molar-refractivity contribution is -0.316. The van der Waals surface area contributed by atoms with Crippen LogP contribution in [0.5, 0.6) is 0 Å². The molecule has 0 radical (unpaired) electrons. The summed E-state index contributed by atoms with van der Waals surface area (Å²) in [5, 5.41) is 45.3. The van der Waals surface area contributed by atoms with E-state index in [1.165, 1.54) is 14.0 Å². The highest BCUT2D eigenvalue weighted by atomic mass is 19.1. The molecule has 52 heavy (non-hydrogen) atoms. The number of nitrogens with zero attached hydrogens (tertiary/aromatic N) is 1. The number of aliphatic hydroxyl groups is 4. The monoisotopic (exact) mass is 747 g/mol. The van der Waals surface area contributed by atoms with Crippen LogP contribution in [0.25, 0.3) is 0 Å². The van der Waals surface area contributed by atoms with Crippen LogP contribution >= 0.6 is 0 Å². The van der Waals surface area contributed by atoms with Gasteiger partial charge >= 0.3 is 5.97 Å². The molecule has 13 nitrogen and oxygen atoms in total. The quantitative estimate of drug-likeness (QED) is 0.228. The second-order valence-corrected chi connectivity index (χ2v) is 16.6. The summed E-state index contributed by atoms with van der Waals surface area (Å²) >= 11 is 0. The van der Waals surface area contributed by atoms with Crippen LogP contribution in [-0.4, -0.2) is 143 Å². The van der Waals surface area contributed by atoms with Crippen LogP contribution in [0.1, 0.15) is 94.9 Å². The first-order valence-corrected chi connectivity index (χ1v) is 18.9. The molecule has 0 amide bonds. The number of ether oxygens (including phenoxy) is 7. The van der Waals surface area contributed by atoms with Crippen molar-refractivity contribution in [3.63, 3.8) is 0 Å². The van der Waals surface area contributed by atoms with Gasteiger partial charge in [0.25, 0.3) is 0 Å². The van der Waals surface area contributed by atoms with Crippen LogP contribution < -0.4 is 0 Å². The highest BCUT2D eigenvalue weighted by Crippen LogP contribution is 2.48. The summed E-state index contributed by atoms with van der Waals surface area (Å²) in [5.41, 5.74) is -3.11. The molecule has 14 heteroatoms. The highest BCUT2D eigenvalue weighted by molar-refractivity contribution is 5.73. The predicted octanol–water partition coefficient (Wildman–Crippen LogP) is 3.23. The number of aliphatic hydroxyl groups excluding tert-OH is 3. The molecule has 302 valence electrons. The number of likely N-dealkylation sites (N-methyl/N-ethyl adjacent to an activating group) is 1. The number of fused-ring (bicyclic) bond motifs is 2. The van der Waals surface area contributed by atoms with Crippen LogP contribution in [0.4, 0.5) is 4.39 Å². The fourth-order valence-corrected chi connectivity index (χ4v) is 8.95. The van der Waals surface area contributed by atoms with Crippen molar-refractivity contribution in [3.8, 4) is 0 Å². The summed E-state index contributed by atoms with van der Waals surface area (Å²) in [4.78, 5) is 16.1. The number of alkyl halides is 1. The maximum Gasteiger partial charge on any atom is 0.311 e. The van der Waals surface area contributed by atoms with Crippen molar-refractivity contribution < 1.29 is 62.8 Å². The second kappa shape index (κ2) is 16.7. The molecule has 3 saturated heterocycles. The molecule has 4 aliphatic heterocycles. The summed E-state index contributed by atoms with van der Waals surface area (Å²) in [6.07, 6.45) is -8.16. The number of methoxy groups -OCH3 is 1. The second-order valence-electron chi connectivity index (χ2n) is 16.6. The maximum absolute atomic E-state index is 14.3. The van der Waals surface area contributed by atoms with Crippen LogP contribution in [0.15, 0.2) is 11.3 Å². The number of halogens is 1. The van der Waals surface area contributed by atoms with Crippen molar-refractivity contribution in [1.82, 2.24) is 4.90 Å². The van der Waals surface area contributed by atoms with Crippen molar-refractivity contribution >= 4 is 5.97 Å². The van der Waals surface area contributed by atoms with E-state index in [9.17, 15) is 29.6 Å². The van der Waals surface area contributed by atoms with Gasteiger partial charge in [-0.1, -0.05) is 20.8 Å². The van der Waals surface area contributed by atoms with Gasteiger partial charge in [-0.3, -0.25) is 9.69 Å². The molecule has 3 fully saturated rings. The average molecular weight is 748 g/mol. The van der Waals surface area contributed by atoms with Gasteiger partial charge in [-0.2, -0.15) is 0 Å². The number of carbonyl (C=O) groups excluding carboxylic acids is 1. The van der Waals surface area contributed by atoms with E-state index in [1.807, 2.05) is 27.7 Å². The fourth-order valence-electron chi connectivity index (χ4n) is 8.95. The van der Waals surface area contributed by atoms with E-state index in [2.05, 4.69) is 0 Å². The molecule has 0 aromatic carbocycles. The van der Waals surface area contributed by atoms with E-state index in [1.54, 1.807) is 46.6 Å². The lowest BCUT2D eigenvalue weighted by atomic mass is 9.78. The molecule has 0 aromatic heterocycles. The standard InChI is InChI=1S/C38H66FNO12/c1-13-26(41)38(10,45)33-21(4)29-19(2)17-37(9,52-29)32(51-35-28(42)25(16-20(3)47-35)40(11)15-14-39)22(5)30(23(6)34(44)50-33)49-27-18-36(8,46-12)31(43)24(7)48-27/h20-28,30-33,35,41-43,45H,13-18H2,1-12H3/t20?,21-,22-,23+,24?,25?,26+,27-,28?,30-,31-,32+,33+,35-,36?,37+,38+/m0/s1. The predicted molar refractivity (Wildman–Crippen MR) is 189 cm³/mol. The SMILES string of the molecule is CC[C@@H](O)[C@@](C)(O)[C@@H]1OC(=O)[C@H](C)[C@@H](O[C@H]2CC(C)(OC)[C@@H](O)C(C)O2)[C@H](C)[C@@H](O[C@@H]2OC(C)CC(N(C)CCF)C2O)[C@@]2(C)CC(C)=C(O2)[C@@H]1C. The minimum Gasteiger partial charge on any atom is -0.488 e. The average Bonchev–Trinajstić information content (AvgIpc) is 3.40. The molecule has 5 unspecified atom stereocenters. The zero-order valence-electron chi connectivity index (χ0n) is 33.2. The van der Waals surface area contributed by atoms with Crippen LogP contribution in [0, 0.1) is 17.8 Å². The van der Waals surface area contributed by atoms with E-state index < -0.39 is 109 Å². The summed E-state index contributed by atoms with van der Waals surface area (Å²) in [6.45, 7) is 17.3. The number of cyclic esters (lactones) is 1. The molecule has 0 aromatic rings. The van der Waals surface area contributed by atoms with E-state index >= 15 is 0 Å². The number of carbonyl (C=O) groups is 1. The normalized spacial score (nSPS) is 45.2. The maximum atomic E-state index is 14.3. The number of hydrogen-bond donors (Lipinski definition) is 4. The number of hydrogen-bond acceptors (Lipinski definition) is 13. The molecule has 17 atom stereocenters. The Hall–Kier alpha value is -1.46. The molecule has 4 N–H and O–H groups in total. The van der Waals surface area contributed by atoms with Crippen molar-refractivity contribution in [2.75, 3.05) is 27.4 Å². The van der Waals surface area contributed by atoms with Crippen molar-refractivity contribution in [1.29, 1.82) is 0 Å². The highest BCUT2D eigenvalue weighted by Gasteiger charge is 2.57. The zero-order chi connectivity index (χ0) is 39.1. The third-order valence-corrected chi connectivity index (χ3v) is 12.3. The van der Waals surface area contributed by atoms with E-state index in [0.29, 0.717) is 18.6 Å². The van der Waals surface area contributed by atoms with E-state index in [4.69, 9.17) is 33.2 Å². The molecule has 4 heterocycles. The Morgan fingerprint density at radius 1 is 1.10 bits per heavy atom. The Balaban J connectivity index is 1.82. The molecule has 0 spiro atoms. The summed E-state index contributed by atoms with van der Waals surface area (Å²) < 4.78 is 58.2. The molecular weight excluding hydrogens is 681 g/mol. The Bertz CT molecular complexity index is 1250. The summed E-state index contributed by atoms with van der Waals surface area (Å²) in [7, 11) is 3.27. The van der Waals surface area contributed by atoms with Gasteiger partial charge in [-0.15, -0.1) is 0 Å². The third-order valence-electron chi connectivity index (χ3n) is 12.3. The fraction of sp³-hybridized carbons (Fsp3) is 0.921. The van der Waals surface area contributed by atoms with Gasteiger partial charge in [-0.25, -0.2) is 4.39 Å². The minimum absolute atomic E-state index is 0.133. The minimum atomic E-state index is -1.85. The van der Waals surface area contributed by atoms with E-state index in [-0.39, 0.29) is 25.5 Å². The molecule has 0 aliphatic carbocycles. The molecule has 2 bridgehead atoms. The largest absolute Gasteiger partial charge is 0.488 e. The first-order valence-electron chi connectivity index (χ1n) is 18.9. The first kappa shape index (κ1) is 43.3. The van der Waals surface area contributed by atoms with Gasteiger partial charge in [0.2, 0.25) is 0 Å². The van der Waals surface area contributed by atoms with Crippen LogP contribution in [-0.2, 0) is 38.0 Å². The topological polar surface area (TPSA) is 166 Å². The van der Waals surface area contributed by atoms with Gasteiger partial charge < -0.3 is 53.6 Å². The van der Waals surface area contributed by atoms with E-state index in [0.717, 1.165) is 5.57 Å². The van der Waals surface area contributed by atoms with Gasteiger partial charge in [0, 0.05) is 38.5 Å². The van der Waals surface area contributed by atoms with Crippen molar-refractivity contribution in [2.45, 2.75) is 179 Å². The van der Waals surface area contributed by atoms with Crippen molar-refractivity contribution in [2.24, 2.45) is 17.8 Å². The Morgan fingerprint density at radius 3 is 2.35 bits per heavy atom. The lowest BCUT2D eigenvalue weighted by Crippen LogP contribution is -2.60. The van der Waals surface area contributed by atoms with Gasteiger partial charge in [0.05, 0.1) is 41.9 Å². The van der Waals surface area contributed by atoms with Crippen molar-refractivity contribution in [3.05, 3.63) is 11.3 Å². The number of esters is 1. The number of rotatable bonds is 11. The first-order chi connectivity index (χ1) is 24.1. The van der Waals surface area contributed by atoms with Crippen LogP contribution in [0.3, 0.4) is 0 Å².